The van der Waals surface area contributed by atoms with Crippen LogP contribution in [0.15, 0.2) is 42.6 Å². The van der Waals surface area contributed by atoms with Gasteiger partial charge in [-0.3, -0.25) is 4.98 Å². The number of aliphatic hydroxyl groups excluding tert-OH is 1. The van der Waals surface area contributed by atoms with Gasteiger partial charge in [-0.2, -0.15) is 0 Å². The molecule has 0 bridgehead atoms. The molecule has 1 unspecified atom stereocenters. The second-order valence-corrected chi connectivity index (χ2v) is 4.09. The first-order valence-electron chi connectivity index (χ1n) is 5.22. The molecule has 0 amide bonds. The number of pyridine rings is 1. The molecule has 2 rings (SSSR count). The molecule has 17 heavy (non-hydrogen) atoms. The van der Waals surface area contributed by atoms with Gasteiger partial charge in [0.15, 0.2) is 0 Å². The number of rotatable bonds is 3. The highest BCUT2D eigenvalue weighted by Gasteiger charge is 2.03. The number of aliphatic hydroxyl groups is 1. The number of nitrogens with zero attached hydrogens (tertiary/aromatic N) is 1. The van der Waals surface area contributed by atoms with Crippen molar-refractivity contribution in [2.75, 3.05) is 0 Å². The molecule has 88 valence electrons. The van der Waals surface area contributed by atoms with Crippen molar-refractivity contribution in [1.82, 2.24) is 4.98 Å². The summed E-state index contributed by atoms with van der Waals surface area (Å²) < 4.78 is 5.57. The van der Waals surface area contributed by atoms with Crippen LogP contribution in [0.25, 0.3) is 0 Å². The molecular weight excluding hydrogens is 238 g/mol. The second kappa shape index (κ2) is 5.17. The number of ether oxygens (including phenoxy) is 1. The topological polar surface area (TPSA) is 42.4 Å². The van der Waals surface area contributed by atoms with Crippen molar-refractivity contribution in [1.29, 1.82) is 0 Å². The van der Waals surface area contributed by atoms with Crippen LogP contribution in [0.4, 0.5) is 0 Å². The molecule has 1 aromatic carbocycles. The van der Waals surface area contributed by atoms with Gasteiger partial charge in [0.05, 0.1) is 18.0 Å². The summed E-state index contributed by atoms with van der Waals surface area (Å²) in [5, 5.41) is 9.98. The van der Waals surface area contributed by atoms with E-state index in [-0.39, 0.29) is 0 Å². The van der Waals surface area contributed by atoms with Gasteiger partial charge >= 0.3 is 0 Å². The minimum absolute atomic E-state index is 0.570. The molecule has 1 aromatic heterocycles. The van der Waals surface area contributed by atoms with Gasteiger partial charge < -0.3 is 9.84 Å². The Bertz CT molecular complexity index is 480. The Hall–Kier alpha value is -1.58. The Morgan fingerprint density at radius 2 is 1.76 bits per heavy atom. The zero-order valence-corrected chi connectivity index (χ0v) is 10.1. The normalized spacial score (nSPS) is 12.2. The summed E-state index contributed by atoms with van der Waals surface area (Å²) in [4.78, 5) is 4.09. The lowest BCUT2D eigenvalue weighted by Crippen LogP contribution is -1.95. The van der Waals surface area contributed by atoms with Crippen LogP contribution in [0, 0.1) is 0 Å². The quantitative estimate of drug-likeness (QED) is 0.904. The maximum absolute atomic E-state index is 9.32. The number of hydrogen-bond acceptors (Lipinski definition) is 3. The fraction of sp³-hybridized carbons (Fsp3) is 0.154. The Morgan fingerprint density at radius 1 is 1.12 bits per heavy atom. The maximum Gasteiger partial charge on any atom is 0.145 e. The lowest BCUT2D eigenvalue weighted by atomic mass is 10.2. The van der Waals surface area contributed by atoms with E-state index < -0.39 is 6.10 Å². The fourth-order valence-electron chi connectivity index (χ4n) is 1.34. The highest BCUT2D eigenvalue weighted by atomic mass is 35.5. The Balaban J connectivity index is 2.11. The van der Waals surface area contributed by atoms with E-state index >= 15 is 0 Å². The third-order valence-corrected chi connectivity index (χ3v) is 2.49. The highest BCUT2D eigenvalue weighted by molar-refractivity contribution is 6.30. The molecule has 0 aliphatic carbocycles. The number of aromatic nitrogens is 1. The molecule has 0 fully saturated rings. The van der Waals surface area contributed by atoms with Crippen LogP contribution in [0.5, 0.6) is 11.5 Å². The van der Waals surface area contributed by atoms with Crippen molar-refractivity contribution >= 4 is 11.6 Å². The van der Waals surface area contributed by atoms with E-state index in [1.807, 2.05) is 0 Å². The van der Waals surface area contributed by atoms with Gasteiger partial charge in [0.1, 0.15) is 11.5 Å². The predicted octanol–water partition coefficient (Wildman–Crippen LogP) is 3.58. The lowest BCUT2D eigenvalue weighted by Gasteiger charge is -2.07. The van der Waals surface area contributed by atoms with Crippen LogP contribution in [-0.4, -0.2) is 10.1 Å². The largest absolute Gasteiger partial charge is 0.456 e. The highest BCUT2D eigenvalue weighted by Crippen LogP contribution is 2.23. The molecule has 0 aliphatic rings. The molecule has 1 atom stereocenters. The Morgan fingerprint density at radius 3 is 2.29 bits per heavy atom. The van der Waals surface area contributed by atoms with Crippen molar-refractivity contribution in [2.24, 2.45) is 0 Å². The zero-order valence-electron chi connectivity index (χ0n) is 9.30. The van der Waals surface area contributed by atoms with Crippen LogP contribution in [-0.2, 0) is 0 Å². The van der Waals surface area contributed by atoms with E-state index in [4.69, 9.17) is 16.3 Å². The molecular formula is C13H12ClNO2. The van der Waals surface area contributed by atoms with Crippen LogP contribution in [0.1, 0.15) is 18.7 Å². The summed E-state index contributed by atoms with van der Waals surface area (Å²) in [5.74, 6) is 1.32. The molecule has 0 saturated carbocycles. The third-order valence-electron chi connectivity index (χ3n) is 2.24. The Kier molecular flexibility index (Phi) is 3.61. The van der Waals surface area contributed by atoms with Gasteiger partial charge in [0.2, 0.25) is 0 Å². The summed E-state index contributed by atoms with van der Waals surface area (Å²) in [5.41, 5.74) is 0.619. The molecule has 1 heterocycles. The van der Waals surface area contributed by atoms with Crippen molar-refractivity contribution in [3.05, 3.63) is 53.3 Å². The summed E-state index contributed by atoms with van der Waals surface area (Å²) in [7, 11) is 0. The first kappa shape index (κ1) is 11.9. The van der Waals surface area contributed by atoms with Crippen LogP contribution in [0.3, 0.4) is 0 Å². The minimum Gasteiger partial charge on any atom is -0.456 e. The monoisotopic (exact) mass is 249 g/mol. The van der Waals surface area contributed by atoms with Gasteiger partial charge in [0.25, 0.3) is 0 Å². The maximum atomic E-state index is 9.32. The van der Waals surface area contributed by atoms with Gasteiger partial charge in [-0.1, -0.05) is 11.6 Å². The predicted molar refractivity (Wildman–Crippen MR) is 66.4 cm³/mol. The molecule has 2 aromatic rings. The molecule has 0 saturated heterocycles. The van der Waals surface area contributed by atoms with Crippen molar-refractivity contribution < 1.29 is 9.84 Å². The summed E-state index contributed by atoms with van der Waals surface area (Å²) in [6, 6.07) is 10.6. The Labute approximate surface area is 105 Å². The smallest absolute Gasteiger partial charge is 0.145 e. The van der Waals surface area contributed by atoms with E-state index in [1.165, 1.54) is 0 Å². The molecule has 1 N–H and O–H groups in total. The van der Waals surface area contributed by atoms with Crippen molar-refractivity contribution in [2.45, 2.75) is 13.0 Å². The van der Waals surface area contributed by atoms with E-state index in [1.54, 1.807) is 49.5 Å². The fourth-order valence-corrected chi connectivity index (χ4v) is 1.46. The number of benzene rings is 1. The van der Waals surface area contributed by atoms with Gasteiger partial charge in [-0.05, 0) is 43.3 Å². The average Bonchev–Trinajstić information content (AvgIpc) is 2.33. The number of halogens is 1. The van der Waals surface area contributed by atoms with Gasteiger partial charge in [-0.15, -0.1) is 0 Å². The molecule has 0 radical (unpaired) electrons. The number of hydrogen-bond donors (Lipinski definition) is 1. The zero-order chi connectivity index (χ0) is 12.3. The van der Waals surface area contributed by atoms with Gasteiger partial charge in [-0.25, -0.2) is 0 Å². The first-order valence-corrected chi connectivity index (χ1v) is 5.60. The summed E-state index contributed by atoms with van der Waals surface area (Å²) >= 11 is 5.77. The van der Waals surface area contributed by atoms with Gasteiger partial charge in [0, 0.05) is 5.02 Å². The van der Waals surface area contributed by atoms with Crippen molar-refractivity contribution in [3.63, 3.8) is 0 Å². The van der Waals surface area contributed by atoms with E-state index in [0.29, 0.717) is 22.2 Å². The molecule has 0 aliphatic heterocycles. The van der Waals surface area contributed by atoms with E-state index in [2.05, 4.69) is 4.98 Å². The van der Waals surface area contributed by atoms with Crippen LogP contribution >= 0.6 is 11.6 Å². The SMILES string of the molecule is CC(O)c1ccc(Oc2ccc(Cl)cc2)cn1. The van der Waals surface area contributed by atoms with Crippen LogP contribution < -0.4 is 4.74 Å². The lowest BCUT2D eigenvalue weighted by molar-refractivity contribution is 0.194. The van der Waals surface area contributed by atoms with E-state index in [9.17, 15) is 5.11 Å². The summed E-state index contributed by atoms with van der Waals surface area (Å²) in [6.45, 7) is 1.67. The van der Waals surface area contributed by atoms with Crippen LogP contribution in [0.2, 0.25) is 5.02 Å². The molecule has 4 heteroatoms. The van der Waals surface area contributed by atoms with Crippen molar-refractivity contribution in [3.8, 4) is 11.5 Å². The average molecular weight is 250 g/mol. The first-order chi connectivity index (χ1) is 8.15. The molecule has 0 spiro atoms. The second-order valence-electron chi connectivity index (χ2n) is 3.65. The standard InChI is InChI=1S/C13H12ClNO2/c1-9(16)13-7-6-12(8-15-13)17-11-4-2-10(14)3-5-11/h2-9,16H,1H3. The minimum atomic E-state index is -0.570. The molecule has 3 nitrogen and oxygen atoms in total. The van der Waals surface area contributed by atoms with E-state index in [0.717, 1.165) is 0 Å². The summed E-state index contributed by atoms with van der Waals surface area (Å²) in [6.07, 6.45) is 1.01. The third kappa shape index (κ3) is 3.19.